The number of nitrogens with one attached hydrogen (secondary N) is 2. The van der Waals surface area contributed by atoms with Crippen LogP contribution in [0.4, 0.5) is 19.0 Å². The van der Waals surface area contributed by atoms with Gasteiger partial charge in [-0.2, -0.15) is 13.2 Å². The van der Waals surface area contributed by atoms with Crippen molar-refractivity contribution in [3.8, 4) is 0 Å². The Morgan fingerprint density at radius 1 is 1.41 bits per heavy atom. The maximum absolute atomic E-state index is 12.5. The van der Waals surface area contributed by atoms with E-state index in [9.17, 15) is 18.0 Å². The van der Waals surface area contributed by atoms with Gasteiger partial charge in [-0.05, 0) is 45.4 Å². The molecule has 3 heterocycles. The number of amides is 1. The normalized spacial score (nSPS) is 20.4. The van der Waals surface area contributed by atoms with Gasteiger partial charge in [-0.25, -0.2) is 9.78 Å². The maximum atomic E-state index is 12.5. The average molecular weight is 388 g/mol. The second kappa shape index (κ2) is 7.71. The lowest BCUT2D eigenvalue weighted by Crippen LogP contribution is -2.33. The smallest absolute Gasteiger partial charge is 0.475 e. The Morgan fingerprint density at radius 2 is 2.04 bits per heavy atom. The van der Waals surface area contributed by atoms with Crippen molar-refractivity contribution >= 4 is 17.7 Å². The van der Waals surface area contributed by atoms with Crippen LogP contribution in [0.2, 0.25) is 0 Å². The zero-order valence-electron chi connectivity index (χ0n) is 15.4. The summed E-state index contributed by atoms with van der Waals surface area (Å²) in [6.45, 7) is 5.91. The van der Waals surface area contributed by atoms with Crippen molar-refractivity contribution in [3.05, 3.63) is 23.4 Å². The van der Waals surface area contributed by atoms with Gasteiger partial charge in [0.2, 0.25) is 0 Å². The minimum Gasteiger partial charge on any atom is -0.475 e. The van der Waals surface area contributed by atoms with Crippen molar-refractivity contribution in [1.82, 2.24) is 15.2 Å². The Hall–Kier alpha value is -2.36. The summed E-state index contributed by atoms with van der Waals surface area (Å²) in [5.74, 6) is -1.74. The molecule has 0 saturated carbocycles. The average Bonchev–Trinajstić information content (AvgIpc) is 3.15. The number of likely N-dealkylation sites (tertiary alicyclic amines) is 1. The Morgan fingerprint density at radius 3 is 2.56 bits per heavy atom. The first-order valence-electron chi connectivity index (χ1n) is 8.46. The van der Waals surface area contributed by atoms with Crippen molar-refractivity contribution in [2.45, 2.75) is 44.4 Å². The van der Waals surface area contributed by atoms with Gasteiger partial charge in [0, 0.05) is 30.9 Å². The van der Waals surface area contributed by atoms with Crippen molar-refractivity contribution in [2.24, 2.45) is 0 Å². The molecule has 1 aromatic heterocycles. The Balaban J connectivity index is 0.000000321. The van der Waals surface area contributed by atoms with Crippen LogP contribution in [0, 0.1) is 0 Å². The summed E-state index contributed by atoms with van der Waals surface area (Å²) in [6.07, 6.45) is -1.45. The quantitative estimate of drug-likeness (QED) is 0.716. The fourth-order valence-corrected chi connectivity index (χ4v) is 3.08. The molecule has 0 aromatic carbocycles. The number of carboxylic acid groups (broad SMARTS) is 1. The maximum Gasteiger partial charge on any atom is 0.490 e. The molecule has 1 fully saturated rings. The van der Waals surface area contributed by atoms with Crippen LogP contribution in [-0.4, -0.2) is 64.8 Å². The summed E-state index contributed by atoms with van der Waals surface area (Å²) < 4.78 is 31.7. The van der Waals surface area contributed by atoms with Gasteiger partial charge in [0.15, 0.2) is 0 Å². The molecular formula is C17H23F3N4O3. The van der Waals surface area contributed by atoms with Gasteiger partial charge < -0.3 is 20.6 Å². The van der Waals surface area contributed by atoms with Crippen LogP contribution in [-0.2, 0) is 11.2 Å². The summed E-state index contributed by atoms with van der Waals surface area (Å²) in [5, 5.41) is 13.7. The van der Waals surface area contributed by atoms with Crippen LogP contribution < -0.4 is 10.6 Å². The highest BCUT2D eigenvalue weighted by Gasteiger charge is 2.38. The second-order valence-corrected chi connectivity index (χ2v) is 7.25. The minimum atomic E-state index is -5.08. The number of nitrogens with zero attached hydrogens (tertiary/aromatic N) is 2. The van der Waals surface area contributed by atoms with Crippen LogP contribution in [0.25, 0.3) is 0 Å². The molecular weight excluding hydrogens is 365 g/mol. The first-order valence-corrected chi connectivity index (χ1v) is 8.46. The number of rotatable bonds is 2. The van der Waals surface area contributed by atoms with E-state index in [0.29, 0.717) is 11.6 Å². The third kappa shape index (κ3) is 5.31. The lowest BCUT2D eigenvalue weighted by Gasteiger charge is -2.17. The van der Waals surface area contributed by atoms with Gasteiger partial charge in [0.1, 0.15) is 5.82 Å². The largest absolute Gasteiger partial charge is 0.490 e. The van der Waals surface area contributed by atoms with Gasteiger partial charge in [-0.3, -0.25) is 4.79 Å². The fraction of sp³-hybridized carbons (Fsp3) is 0.588. The van der Waals surface area contributed by atoms with Crippen LogP contribution in [0.1, 0.15) is 36.2 Å². The predicted molar refractivity (Wildman–Crippen MR) is 92.7 cm³/mol. The monoisotopic (exact) mass is 388 g/mol. The number of halogens is 3. The molecule has 150 valence electrons. The number of aromatic nitrogens is 1. The minimum absolute atomic E-state index is 0.0296. The SMILES string of the molecule is CN[C@H]1CCN(C(=O)c2cnc3c(c2)CC(C)(C)N3)C1.O=C(O)C(F)(F)F. The van der Waals surface area contributed by atoms with Gasteiger partial charge in [-0.15, -0.1) is 0 Å². The van der Waals surface area contributed by atoms with Crippen LogP contribution >= 0.6 is 0 Å². The number of carbonyl (C=O) groups excluding carboxylic acids is 1. The predicted octanol–water partition coefficient (Wildman–Crippen LogP) is 1.90. The molecule has 0 unspecified atom stereocenters. The molecule has 0 aliphatic carbocycles. The first-order chi connectivity index (χ1) is 12.4. The van der Waals surface area contributed by atoms with E-state index < -0.39 is 12.1 Å². The van der Waals surface area contributed by atoms with Gasteiger partial charge in [0.25, 0.3) is 5.91 Å². The van der Waals surface area contributed by atoms with Crippen LogP contribution in [0.3, 0.4) is 0 Å². The number of carboxylic acids is 1. The standard InChI is InChI=1S/C15H22N4O.C2HF3O2/c1-15(2)7-10-6-11(8-17-13(10)18-15)14(20)19-5-4-12(9-19)16-3;3-2(4,5)1(6)7/h6,8,12,16H,4-5,7,9H2,1-3H3,(H,17,18);(H,6,7)/t12-;/m0./s1. The van der Waals surface area contributed by atoms with Crippen molar-refractivity contribution in [3.63, 3.8) is 0 Å². The number of pyridine rings is 1. The Kier molecular flexibility index (Phi) is 5.98. The summed E-state index contributed by atoms with van der Waals surface area (Å²) in [5.41, 5.74) is 1.88. The number of likely N-dealkylation sites (N-methyl/N-ethyl adjacent to an activating group) is 1. The van der Waals surface area contributed by atoms with E-state index in [1.807, 2.05) is 18.0 Å². The van der Waals surface area contributed by atoms with Crippen LogP contribution in [0.5, 0.6) is 0 Å². The number of alkyl halides is 3. The highest BCUT2D eigenvalue weighted by molar-refractivity contribution is 5.94. The molecule has 1 atom stereocenters. The van der Waals surface area contributed by atoms with Gasteiger partial charge >= 0.3 is 12.1 Å². The third-order valence-electron chi connectivity index (χ3n) is 4.43. The van der Waals surface area contributed by atoms with Crippen molar-refractivity contribution < 1.29 is 27.9 Å². The van der Waals surface area contributed by atoms with E-state index in [1.165, 1.54) is 0 Å². The fourth-order valence-electron chi connectivity index (χ4n) is 3.08. The van der Waals surface area contributed by atoms with E-state index in [0.717, 1.165) is 37.3 Å². The molecule has 10 heteroatoms. The Labute approximate surface area is 154 Å². The topological polar surface area (TPSA) is 94.6 Å². The molecule has 1 saturated heterocycles. The molecule has 2 aliphatic heterocycles. The molecule has 0 bridgehead atoms. The van der Waals surface area contributed by atoms with Gasteiger partial charge in [-0.1, -0.05) is 0 Å². The molecule has 2 aliphatic rings. The van der Waals surface area contributed by atoms with E-state index >= 15 is 0 Å². The molecule has 0 spiro atoms. The molecule has 3 rings (SSSR count). The number of fused-ring (bicyclic) bond motifs is 1. The third-order valence-corrected chi connectivity index (χ3v) is 4.43. The molecule has 1 amide bonds. The molecule has 1 aromatic rings. The summed E-state index contributed by atoms with van der Waals surface area (Å²) >= 11 is 0. The molecule has 3 N–H and O–H groups in total. The van der Waals surface area contributed by atoms with E-state index in [2.05, 4.69) is 29.5 Å². The zero-order chi connectivity index (χ0) is 20.4. The van der Waals surface area contributed by atoms with Crippen molar-refractivity contribution in [2.75, 3.05) is 25.5 Å². The lowest BCUT2D eigenvalue weighted by molar-refractivity contribution is -0.192. The number of hydrogen-bond donors (Lipinski definition) is 3. The lowest BCUT2D eigenvalue weighted by atomic mass is 10.00. The summed E-state index contributed by atoms with van der Waals surface area (Å²) in [6, 6.07) is 2.42. The zero-order valence-corrected chi connectivity index (χ0v) is 15.4. The number of anilines is 1. The van der Waals surface area contributed by atoms with E-state index in [4.69, 9.17) is 9.90 Å². The highest BCUT2D eigenvalue weighted by atomic mass is 19.4. The van der Waals surface area contributed by atoms with Crippen molar-refractivity contribution in [1.29, 1.82) is 0 Å². The molecule has 0 radical (unpaired) electrons. The first kappa shape index (κ1) is 20.9. The molecule has 7 nitrogen and oxygen atoms in total. The summed E-state index contributed by atoms with van der Waals surface area (Å²) in [4.78, 5) is 27.7. The number of carbonyl (C=O) groups is 2. The highest BCUT2D eigenvalue weighted by Crippen LogP contribution is 2.31. The molecule has 27 heavy (non-hydrogen) atoms. The van der Waals surface area contributed by atoms with E-state index in [1.54, 1.807) is 6.20 Å². The second-order valence-electron chi connectivity index (χ2n) is 7.25. The van der Waals surface area contributed by atoms with Crippen LogP contribution in [0.15, 0.2) is 12.3 Å². The summed E-state index contributed by atoms with van der Waals surface area (Å²) in [7, 11) is 1.95. The number of aliphatic carboxylic acids is 1. The van der Waals surface area contributed by atoms with E-state index in [-0.39, 0.29) is 11.4 Å². The van der Waals surface area contributed by atoms with Gasteiger partial charge in [0.05, 0.1) is 5.56 Å². The Bertz CT molecular complexity index is 722. The number of hydrogen-bond acceptors (Lipinski definition) is 5.